The van der Waals surface area contributed by atoms with E-state index in [1.807, 2.05) is 0 Å². The highest BCUT2D eigenvalue weighted by Gasteiger charge is 2.24. The van der Waals surface area contributed by atoms with Crippen molar-refractivity contribution in [1.82, 2.24) is 5.32 Å². The zero-order chi connectivity index (χ0) is 45.2. The molecule has 0 radical (unpaired) electrons. The molecule has 62 heavy (non-hydrogen) atoms. The van der Waals surface area contributed by atoms with Crippen LogP contribution in [0.1, 0.15) is 284 Å². The number of unbranched alkanes of at least 4 members (excludes halogenated alkanes) is 33. The summed E-state index contributed by atoms with van der Waals surface area (Å²) in [6.45, 7) is 6.38. The lowest BCUT2D eigenvalue weighted by molar-refractivity contribution is -0.151. The van der Waals surface area contributed by atoms with Gasteiger partial charge in [0.2, 0.25) is 5.91 Å². The van der Waals surface area contributed by atoms with Gasteiger partial charge in [-0.05, 0) is 44.9 Å². The molecular formula is C56H105NO5. The largest absolute Gasteiger partial charge is 0.462 e. The number of hydrogen-bond acceptors (Lipinski definition) is 5. The van der Waals surface area contributed by atoms with E-state index >= 15 is 0 Å². The SMILES string of the molecule is CC/C=C/C=C/C=C/CCCCCCCCCC(=O)OC(CCCCCCCCCCCCCCCCC)CC(=O)NC(CO)C(O)CCCCCCCCCCCCCCC. The first kappa shape index (κ1) is 60.1. The maximum Gasteiger partial charge on any atom is 0.306 e. The van der Waals surface area contributed by atoms with Gasteiger partial charge in [-0.3, -0.25) is 9.59 Å². The first-order chi connectivity index (χ1) is 30.5. The molecule has 364 valence electrons. The Bertz CT molecular complexity index is 1020. The Morgan fingerprint density at radius 3 is 1.31 bits per heavy atom. The fourth-order valence-corrected chi connectivity index (χ4v) is 8.43. The average molecular weight is 872 g/mol. The Morgan fingerprint density at radius 1 is 0.484 bits per heavy atom. The number of allylic oxidation sites excluding steroid dienone is 6. The normalized spacial score (nSPS) is 13.4. The van der Waals surface area contributed by atoms with E-state index in [2.05, 4.69) is 62.5 Å². The van der Waals surface area contributed by atoms with Crippen LogP contribution in [0.25, 0.3) is 0 Å². The number of carbonyl (C=O) groups excluding carboxylic acids is 2. The van der Waals surface area contributed by atoms with Gasteiger partial charge in [-0.1, -0.05) is 263 Å². The molecule has 0 bridgehead atoms. The monoisotopic (exact) mass is 872 g/mol. The van der Waals surface area contributed by atoms with Crippen LogP contribution < -0.4 is 5.32 Å². The van der Waals surface area contributed by atoms with Gasteiger partial charge in [0.15, 0.2) is 0 Å². The van der Waals surface area contributed by atoms with E-state index in [-0.39, 0.29) is 24.9 Å². The van der Waals surface area contributed by atoms with E-state index in [0.717, 1.165) is 57.8 Å². The molecule has 0 saturated carbocycles. The quantitative estimate of drug-likeness (QED) is 0.0321. The number of carbonyl (C=O) groups is 2. The average Bonchev–Trinajstić information content (AvgIpc) is 3.26. The van der Waals surface area contributed by atoms with Gasteiger partial charge in [0, 0.05) is 6.42 Å². The second kappa shape index (κ2) is 50.1. The van der Waals surface area contributed by atoms with Crippen molar-refractivity contribution in [3.8, 4) is 0 Å². The Hall–Kier alpha value is -1.92. The van der Waals surface area contributed by atoms with Crippen LogP contribution in [0.15, 0.2) is 36.5 Å². The number of esters is 1. The lowest BCUT2D eigenvalue weighted by Crippen LogP contribution is -2.46. The van der Waals surface area contributed by atoms with E-state index in [4.69, 9.17) is 4.74 Å². The van der Waals surface area contributed by atoms with Gasteiger partial charge in [0.1, 0.15) is 6.10 Å². The third kappa shape index (κ3) is 44.7. The van der Waals surface area contributed by atoms with Crippen LogP contribution in [0.5, 0.6) is 0 Å². The summed E-state index contributed by atoms with van der Waals surface area (Å²) in [5.41, 5.74) is 0. The molecule has 1 amide bonds. The van der Waals surface area contributed by atoms with E-state index in [1.165, 1.54) is 180 Å². The van der Waals surface area contributed by atoms with Gasteiger partial charge in [-0.2, -0.15) is 0 Å². The van der Waals surface area contributed by atoms with Crippen molar-refractivity contribution >= 4 is 11.9 Å². The Balaban J connectivity index is 4.56. The van der Waals surface area contributed by atoms with E-state index in [0.29, 0.717) is 19.3 Å². The molecule has 0 aromatic heterocycles. The van der Waals surface area contributed by atoms with Crippen molar-refractivity contribution in [1.29, 1.82) is 0 Å². The first-order valence-corrected chi connectivity index (χ1v) is 27.2. The van der Waals surface area contributed by atoms with Crippen LogP contribution in [0.4, 0.5) is 0 Å². The van der Waals surface area contributed by atoms with Gasteiger partial charge >= 0.3 is 5.97 Å². The predicted molar refractivity (Wildman–Crippen MR) is 269 cm³/mol. The maximum absolute atomic E-state index is 13.2. The van der Waals surface area contributed by atoms with Crippen LogP contribution >= 0.6 is 0 Å². The Labute approximate surface area is 385 Å². The second-order valence-corrected chi connectivity index (χ2v) is 18.7. The van der Waals surface area contributed by atoms with Crippen molar-refractivity contribution in [2.24, 2.45) is 0 Å². The number of aliphatic hydroxyl groups is 2. The van der Waals surface area contributed by atoms with Crippen molar-refractivity contribution in [2.45, 2.75) is 302 Å². The summed E-state index contributed by atoms with van der Waals surface area (Å²) in [5, 5.41) is 23.8. The first-order valence-electron chi connectivity index (χ1n) is 27.2. The number of rotatable bonds is 49. The molecule has 0 aliphatic heterocycles. The Morgan fingerprint density at radius 2 is 0.871 bits per heavy atom. The number of ether oxygens (including phenoxy) is 1. The number of amides is 1. The molecule has 6 heteroatoms. The summed E-state index contributed by atoms with van der Waals surface area (Å²) < 4.78 is 5.95. The minimum absolute atomic E-state index is 0.0771. The standard InChI is InChI=1S/C56H105NO5/c1-4-7-10-13-16-19-22-25-27-30-32-35-38-41-44-47-52(62-56(61)49-46-43-40-37-34-31-28-26-23-20-17-14-11-8-5-2)50-55(60)57-53(51-58)54(59)48-45-42-39-36-33-29-24-21-18-15-12-9-6-3/h8,11,14,17,20,23,52-54,58-59H,4-7,9-10,12-13,15-16,18-19,21-22,24-51H2,1-3H3,(H,57,60)/b11-8+,17-14+,23-20+. The van der Waals surface area contributed by atoms with Crippen LogP contribution in [-0.4, -0.2) is 46.9 Å². The summed E-state index contributed by atoms with van der Waals surface area (Å²) in [7, 11) is 0. The minimum atomic E-state index is -0.787. The summed E-state index contributed by atoms with van der Waals surface area (Å²) >= 11 is 0. The number of nitrogens with one attached hydrogen (secondary N) is 1. The number of aliphatic hydroxyl groups excluding tert-OH is 2. The second-order valence-electron chi connectivity index (χ2n) is 18.7. The lowest BCUT2D eigenvalue weighted by Gasteiger charge is -2.24. The highest BCUT2D eigenvalue weighted by Crippen LogP contribution is 2.19. The lowest BCUT2D eigenvalue weighted by atomic mass is 10.0. The molecule has 3 atom stereocenters. The fraction of sp³-hybridized carbons (Fsp3) is 0.857. The van der Waals surface area contributed by atoms with E-state index in [9.17, 15) is 19.8 Å². The molecule has 0 rings (SSSR count). The smallest absolute Gasteiger partial charge is 0.306 e. The molecule has 0 aliphatic rings. The van der Waals surface area contributed by atoms with Crippen molar-refractivity contribution < 1.29 is 24.5 Å². The highest BCUT2D eigenvalue weighted by molar-refractivity contribution is 5.77. The molecule has 0 saturated heterocycles. The van der Waals surface area contributed by atoms with Crippen LogP contribution in [0.3, 0.4) is 0 Å². The number of hydrogen-bond donors (Lipinski definition) is 3. The third-order valence-corrected chi connectivity index (χ3v) is 12.5. The van der Waals surface area contributed by atoms with Crippen molar-refractivity contribution in [3.05, 3.63) is 36.5 Å². The summed E-state index contributed by atoms with van der Waals surface area (Å²) in [4.78, 5) is 26.2. The summed E-state index contributed by atoms with van der Waals surface area (Å²) in [5.74, 6) is -0.473. The van der Waals surface area contributed by atoms with Crippen LogP contribution in [0, 0.1) is 0 Å². The van der Waals surface area contributed by atoms with Crippen molar-refractivity contribution in [2.75, 3.05) is 6.61 Å². The summed E-state index contributed by atoms with van der Waals surface area (Å²) in [6, 6.07) is -0.700. The summed E-state index contributed by atoms with van der Waals surface area (Å²) in [6.07, 6.45) is 59.2. The fourth-order valence-electron chi connectivity index (χ4n) is 8.43. The van der Waals surface area contributed by atoms with Crippen LogP contribution in [0.2, 0.25) is 0 Å². The minimum Gasteiger partial charge on any atom is -0.462 e. The van der Waals surface area contributed by atoms with Gasteiger partial charge in [0.05, 0.1) is 25.2 Å². The molecular weight excluding hydrogens is 767 g/mol. The van der Waals surface area contributed by atoms with Gasteiger partial charge in [0.25, 0.3) is 0 Å². The van der Waals surface area contributed by atoms with Gasteiger partial charge in [-0.25, -0.2) is 0 Å². The van der Waals surface area contributed by atoms with Gasteiger partial charge < -0.3 is 20.3 Å². The van der Waals surface area contributed by atoms with Gasteiger partial charge in [-0.15, -0.1) is 0 Å². The molecule has 3 N–H and O–H groups in total. The highest BCUT2D eigenvalue weighted by atomic mass is 16.5. The zero-order valence-electron chi connectivity index (χ0n) is 41.5. The molecule has 0 aromatic carbocycles. The molecule has 0 heterocycles. The molecule has 0 spiro atoms. The molecule has 6 nitrogen and oxygen atoms in total. The topological polar surface area (TPSA) is 95.9 Å². The predicted octanol–water partition coefficient (Wildman–Crippen LogP) is 16.5. The van der Waals surface area contributed by atoms with Crippen molar-refractivity contribution in [3.63, 3.8) is 0 Å². The zero-order valence-corrected chi connectivity index (χ0v) is 41.5. The molecule has 0 aromatic rings. The molecule has 0 fully saturated rings. The third-order valence-electron chi connectivity index (χ3n) is 12.5. The maximum atomic E-state index is 13.2. The molecule has 0 aliphatic carbocycles. The molecule has 3 unspecified atom stereocenters. The van der Waals surface area contributed by atoms with Crippen LogP contribution in [-0.2, 0) is 14.3 Å². The Kier molecular flexibility index (Phi) is 48.5. The van der Waals surface area contributed by atoms with E-state index in [1.54, 1.807) is 0 Å². The van der Waals surface area contributed by atoms with E-state index < -0.39 is 18.2 Å².